The van der Waals surface area contributed by atoms with Crippen molar-refractivity contribution in [3.8, 4) is 11.1 Å². The standard InChI is InChI=1S/C23H26N4O/c1-17-5-3-4-6-23(17)20-9-7-19(8-10-20)15-26-11-12-27-22(16-26)13-21(25-27)14-24-18(2)28/h3-10,13H,11-12,14-16H2,1-2H3,(H,24,28). The van der Waals surface area contributed by atoms with Crippen molar-refractivity contribution in [2.75, 3.05) is 6.54 Å². The van der Waals surface area contributed by atoms with Gasteiger partial charge in [-0.1, -0.05) is 48.5 Å². The summed E-state index contributed by atoms with van der Waals surface area (Å²) in [5.74, 6) is -0.0262. The number of fused-ring (bicyclic) bond motifs is 1. The molecule has 2 aromatic carbocycles. The van der Waals surface area contributed by atoms with Crippen molar-refractivity contribution < 1.29 is 4.79 Å². The van der Waals surface area contributed by atoms with E-state index < -0.39 is 0 Å². The van der Waals surface area contributed by atoms with E-state index in [2.05, 4.69) is 81.5 Å². The smallest absolute Gasteiger partial charge is 0.217 e. The Bertz CT molecular complexity index is 975. The van der Waals surface area contributed by atoms with Crippen LogP contribution in [0.1, 0.15) is 29.4 Å². The highest BCUT2D eigenvalue weighted by Crippen LogP contribution is 2.24. The van der Waals surface area contributed by atoms with E-state index in [1.54, 1.807) is 0 Å². The predicted octanol–water partition coefficient (Wildman–Crippen LogP) is 3.51. The summed E-state index contributed by atoms with van der Waals surface area (Å²) < 4.78 is 2.06. The number of aryl methyl sites for hydroxylation is 1. The maximum absolute atomic E-state index is 11.1. The third-order valence-corrected chi connectivity index (χ3v) is 5.26. The van der Waals surface area contributed by atoms with Crippen LogP contribution in [0.25, 0.3) is 11.1 Å². The fourth-order valence-corrected chi connectivity index (χ4v) is 3.76. The van der Waals surface area contributed by atoms with Crippen molar-refractivity contribution in [1.29, 1.82) is 0 Å². The van der Waals surface area contributed by atoms with Crippen LogP contribution in [0.3, 0.4) is 0 Å². The number of carbonyl (C=O) groups is 1. The molecule has 0 bridgehead atoms. The number of carbonyl (C=O) groups excluding carboxylic acids is 1. The van der Waals surface area contributed by atoms with Crippen molar-refractivity contribution >= 4 is 5.91 Å². The van der Waals surface area contributed by atoms with Crippen LogP contribution in [0.15, 0.2) is 54.6 Å². The first-order valence-corrected chi connectivity index (χ1v) is 9.76. The normalized spacial score (nSPS) is 13.9. The second kappa shape index (κ2) is 7.98. The quantitative estimate of drug-likeness (QED) is 0.743. The molecular weight excluding hydrogens is 348 g/mol. The molecule has 2 heterocycles. The van der Waals surface area contributed by atoms with Gasteiger partial charge in [-0.15, -0.1) is 0 Å². The average Bonchev–Trinajstić information content (AvgIpc) is 3.10. The van der Waals surface area contributed by atoms with Crippen LogP contribution in [0, 0.1) is 6.92 Å². The average molecular weight is 374 g/mol. The second-order valence-electron chi connectivity index (χ2n) is 7.48. The molecule has 1 amide bonds. The Balaban J connectivity index is 1.40. The number of amides is 1. The Morgan fingerprint density at radius 1 is 1.11 bits per heavy atom. The summed E-state index contributed by atoms with van der Waals surface area (Å²) in [5, 5.41) is 7.41. The highest BCUT2D eigenvalue weighted by Gasteiger charge is 2.18. The molecule has 0 saturated carbocycles. The van der Waals surface area contributed by atoms with Crippen LogP contribution >= 0.6 is 0 Å². The maximum atomic E-state index is 11.1. The zero-order valence-corrected chi connectivity index (χ0v) is 16.5. The van der Waals surface area contributed by atoms with Crippen molar-refractivity contribution in [2.24, 2.45) is 0 Å². The molecule has 0 aliphatic carbocycles. The van der Waals surface area contributed by atoms with Gasteiger partial charge in [-0.25, -0.2) is 0 Å². The predicted molar refractivity (Wildman–Crippen MR) is 110 cm³/mol. The zero-order valence-electron chi connectivity index (χ0n) is 16.5. The summed E-state index contributed by atoms with van der Waals surface area (Å²) in [6.45, 7) is 7.86. The summed E-state index contributed by atoms with van der Waals surface area (Å²) in [6.07, 6.45) is 0. The minimum absolute atomic E-state index is 0.0262. The van der Waals surface area contributed by atoms with Crippen LogP contribution in [0.4, 0.5) is 0 Å². The topological polar surface area (TPSA) is 50.2 Å². The number of hydrogen-bond acceptors (Lipinski definition) is 3. The van der Waals surface area contributed by atoms with E-state index >= 15 is 0 Å². The number of rotatable bonds is 5. The van der Waals surface area contributed by atoms with Gasteiger partial charge in [0.2, 0.25) is 5.91 Å². The van der Waals surface area contributed by atoms with Crippen LogP contribution < -0.4 is 5.32 Å². The molecule has 1 aromatic heterocycles. The molecule has 28 heavy (non-hydrogen) atoms. The molecule has 0 atom stereocenters. The highest BCUT2D eigenvalue weighted by molar-refractivity contribution is 5.72. The molecule has 0 spiro atoms. The number of benzene rings is 2. The molecule has 0 unspecified atom stereocenters. The first kappa shape index (κ1) is 18.4. The van der Waals surface area contributed by atoms with Crippen molar-refractivity contribution in [2.45, 2.75) is 40.0 Å². The van der Waals surface area contributed by atoms with Gasteiger partial charge in [0.1, 0.15) is 0 Å². The molecular formula is C23H26N4O. The third-order valence-electron chi connectivity index (χ3n) is 5.26. The fraction of sp³-hybridized carbons (Fsp3) is 0.304. The van der Waals surface area contributed by atoms with E-state index in [-0.39, 0.29) is 5.91 Å². The monoisotopic (exact) mass is 374 g/mol. The number of nitrogens with zero attached hydrogens (tertiary/aromatic N) is 3. The van der Waals surface area contributed by atoms with E-state index in [0.29, 0.717) is 6.54 Å². The van der Waals surface area contributed by atoms with Gasteiger partial charge in [0.15, 0.2) is 0 Å². The number of hydrogen-bond donors (Lipinski definition) is 1. The van der Waals surface area contributed by atoms with Gasteiger partial charge in [0.05, 0.1) is 24.5 Å². The van der Waals surface area contributed by atoms with Crippen molar-refractivity contribution in [3.63, 3.8) is 0 Å². The van der Waals surface area contributed by atoms with Crippen LogP contribution in [0.2, 0.25) is 0 Å². The van der Waals surface area contributed by atoms with Gasteiger partial charge in [-0.2, -0.15) is 5.10 Å². The number of aromatic nitrogens is 2. The molecule has 0 saturated heterocycles. The van der Waals surface area contributed by atoms with E-state index in [0.717, 1.165) is 31.9 Å². The molecule has 3 aromatic rings. The molecule has 0 radical (unpaired) electrons. The highest BCUT2D eigenvalue weighted by atomic mass is 16.1. The second-order valence-corrected chi connectivity index (χ2v) is 7.48. The van der Waals surface area contributed by atoms with E-state index in [1.807, 2.05) is 0 Å². The summed E-state index contributed by atoms with van der Waals surface area (Å²) in [4.78, 5) is 13.5. The molecule has 5 nitrogen and oxygen atoms in total. The van der Waals surface area contributed by atoms with Crippen molar-refractivity contribution in [3.05, 3.63) is 77.1 Å². The molecule has 144 valence electrons. The summed E-state index contributed by atoms with van der Waals surface area (Å²) in [5.41, 5.74) is 7.32. The third kappa shape index (κ3) is 4.15. The van der Waals surface area contributed by atoms with E-state index in [1.165, 1.54) is 34.9 Å². The first-order chi connectivity index (χ1) is 13.6. The SMILES string of the molecule is CC(=O)NCc1cc2n(n1)CCN(Cc1ccc(-c3ccccc3C)cc1)C2. The lowest BCUT2D eigenvalue weighted by Gasteiger charge is -2.27. The van der Waals surface area contributed by atoms with E-state index in [9.17, 15) is 4.79 Å². The lowest BCUT2D eigenvalue weighted by molar-refractivity contribution is -0.119. The van der Waals surface area contributed by atoms with Gasteiger partial charge in [0, 0.05) is 26.6 Å². The lowest BCUT2D eigenvalue weighted by atomic mass is 9.99. The molecule has 1 N–H and O–H groups in total. The van der Waals surface area contributed by atoms with Crippen LogP contribution in [0.5, 0.6) is 0 Å². The Labute approximate surface area is 166 Å². The van der Waals surface area contributed by atoms with Crippen LogP contribution in [-0.2, 0) is 31.0 Å². The van der Waals surface area contributed by atoms with Gasteiger partial charge in [-0.3, -0.25) is 14.4 Å². The molecule has 1 aliphatic heterocycles. The summed E-state index contributed by atoms with van der Waals surface area (Å²) >= 11 is 0. The summed E-state index contributed by atoms with van der Waals surface area (Å²) in [6, 6.07) is 19.5. The minimum Gasteiger partial charge on any atom is -0.351 e. The maximum Gasteiger partial charge on any atom is 0.217 e. The Hall–Kier alpha value is -2.92. The molecule has 1 aliphatic rings. The zero-order chi connectivity index (χ0) is 19.5. The van der Waals surface area contributed by atoms with Crippen molar-refractivity contribution in [1.82, 2.24) is 20.0 Å². The van der Waals surface area contributed by atoms with E-state index in [4.69, 9.17) is 0 Å². The summed E-state index contributed by atoms with van der Waals surface area (Å²) in [7, 11) is 0. The van der Waals surface area contributed by atoms with Gasteiger partial charge < -0.3 is 5.32 Å². The molecule has 5 heteroatoms. The molecule has 0 fully saturated rings. The van der Waals surface area contributed by atoms with Gasteiger partial charge >= 0.3 is 0 Å². The Morgan fingerprint density at radius 3 is 2.64 bits per heavy atom. The van der Waals surface area contributed by atoms with Gasteiger partial charge in [-0.05, 0) is 35.2 Å². The minimum atomic E-state index is -0.0262. The Kier molecular flexibility index (Phi) is 5.26. The van der Waals surface area contributed by atoms with Gasteiger partial charge in [0.25, 0.3) is 0 Å². The number of nitrogens with one attached hydrogen (secondary N) is 1. The molecule has 4 rings (SSSR count). The van der Waals surface area contributed by atoms with Crippen LogP contribution in [-0.4, -0.2) is 27.1 Å². The first-order valence-electron chi connectivity index (χ1n) is 9.76. The lowest BCUT2D eigenvalue weighted by Crippen LogP contribution is -2.33. The fourth-order valence-electron chi connectivity index (χ4n) is 3.76. The largest absolute Gasteiger partial charge is 0.351 e. The Morgan fingerprint density at radius 2 is 1.89 bits per heavy atom.